The van der Waals surface area contributed by atoms with Crippen molar-refractivity contribution in [1.82, 2.24) is 9.80 Å². The smallest absolute Gasteiger partial charge is 0.240 e. The Morgan fingerprint density at radius 3 is 2.44 bits per heavy atom. The van der Waals surface area contributed by atoms with Crippen LogP contribution in [-0.4, -0.2) is 53.5 Å². The molecule has 4 heteroatoms. The Labute approximate surface area is 98.8 Å². The minimum atomic E-state index is -0.0978. The fourth-order valence-corrected chi connectivity index (χ4v) is 2.23. The first-order valence-electron chi connectivity index (χ1n) is 6.02. The maximum atomic E-state index is 12.3. The zero-order chi connectivity index (χ0) is 12.5. The van der Waals surface area contributed by atoms with Crippen LogP contribution >= 0.6 is 0 Å². The standard InChI is InChI=1S/C12H25N3O/c1-9-8-15(12(2,3)4)11(16)10(6-7-13)14(9)5/h9-10H,6-8,13H2,1-5H3. The number of carbonyl (C=O) groups is 1. The Hall–Kier alpha value is -0.610. The van der Waals surface area contributed by atoms with Crippen LogP contribution in [0, 0.1) is 0 Å². The minimum absolute atomic E-state index is 0.0482. The minimum Gasteiger partial charge on any atom is -0.335 e. The van der Waals surface area contributed by atoms with E-state index in [2.05, 4.69) is 32.6 Å². The third-order valence-corrected chi connectivity index (χ3v) is 3.43. The van der Waals surface area contributed by atoms with Crippen LogP contribution in [0.3, 0.4) is 0 Å². The molecule has 1 saturated heterocycles. The average Bonchev–Trinajstić information content (AvgIpc) is 2.16. The first kappa shape index (κ1) is 13.5. The summed E-state index contributed by atoms with van der Waals surface area (Å²) in [5.41, 5.74) is 5.49. The van der Waals surface area contributed by atoms with Gasteiger partial charge in [-0.2, -0.15) is 0 Å². The highest BCUT2D eigenvalue weighted by molar-refractivity contribution is 5.83. The zero-order valence-corrected chi connectivity index (χ0v) is 11.2. The molecule has 0 saturated carbocycles. The summed E-state index contributed by atoms with van der Waals surface area (Å²) in [6, 6.07) is 0.349. The van der Waals surface area contributed by atoms with Gasteiger partial charge < -0.3 is 10.6 Å². The summed E-state index contributed by atoms with van der Waals surface area (Å²) in [7, 11) is 2.02. The topological polar surface area (TPSA) is 49.6 Å². The van der Waals surface area contributed by atoms with Crippen LogP contribution < -0.4 is 5.73 Å². The van der Waals surface area contributed by atoms with E-state index in [0.717, 1.165) is 13.0 Å². The summed E-state index contributed by atoms with van der Waals surface area (Å²) >= 11 is 0. The Bertz CT molecular complexity index is 259. The molecule has 1 aliphatic rings. The van der Waals surface area contributed by atoms with Gasteiger partial charge in [-0.1, -0.05) is 0 Å². The number of hydrogen-bond donors (Lipinski definition) is 1. The second-order valence-corrected chi connectivity index (χ2v) is 5.73. The molecular formula is C12H25N3O. The summed E-state index contributed by atoms with van der Waals surface area (Å²) in [5, 5.41) is 0. The lowest BCUT2D eigenvalue weighted by Crippen LogP contribution is -2.64. The number of amides is 1. The average molecular weight is 227 g/mol. The van der Waals surface area contributed by atoms with Crippen molar-refractivity contribution in [2.45, 2.75) is 51.7 Å². The third kappa shape index (κ3) is 2.55. The molecule has 94 valence electrons. The highest BCUT2D eigenvalue weighted by Gasteiger charge is 2.40. The van der Waals surface area contributed by atoms with E-state index in [1.807, 2.05) is 11.9 Å². The van der Waals surface area contributed by atoms with Crippen molar-refractivity contribution < 1.29 is 4.79 Å². The second-order valence-electron chi connectivity index (χ2n) is 5.73. The van der Waals surface area contributed by atoms with Crippen LogP contribution in [0.15, 0.2) is 0 Å². The molecule has 0 aliphatic carbocycles. The van der Waals surface area contributed by atoms with Gasteiger partial charge in [0.25, 0.3) is 0 Å². The number of likely N-dealkylation sites (N-methyl/N-ethyl adjacent to an activating group) is 1. The van der Waals surface area contributed by atoms with Gasteiger partial charge in [-0.15, -0.1) is 0 Å². The van der Waals surface area contributed by atoms with Crippen LogP contribution in [0.4, 0.5) is 0 Å². The summed E-state index contributed by atoms with van der Waals surface area (Å²) in [6.45, 7) is 9.79. The molecule has 0 spiro atoms. The predicted octanol–water partition coefficient (Wildman–Crippen LogP) is 0.665. The van der Waals surface area contributed by atoms with Gasteiger partial charge in [-0.25, -0.2) is 0 Å². The van der Waals surface area contributed by atoms with Gasteiger partial charge in [0.15, 0.2) is 0 Å². The quantitative estimate of drug-likeness (QED) is 0.754. The van der Waals surface area contributed by atoms with Gasteiger partial charge in [-0.3, -0.25) is 9.69 Å². The SMILES string of the molecule is CC1CN(C(C)(C)C)C(=O)C(CCN)N1C. The van der Waals surface area contributed by atoms with Gasteiger partial charge in [0, 0.05) is 18.1 Å². The molecule has 0 aromatic heterocycles. The van der Waals surface area contributed by atoms with Crippen molar-refractivity contribution >= 4 is 5.91 Å². The van der Waals surface area contributed by atoms with Gasteiger partial charge in [0.2, 0.25) is 5.91 Å². The molecule has 1 fully saturated rings. The monoisotopic (exact) mass is 227 g/mol. The van der Waals surface area contributed by atoms with Crippen molar-refractivity contribution in [1.29, 1.82) is 0 Å². The molecule has 2 atom stereocenters. The van der Waals surface area contributed by atoms with Crippen LogP contribution in [0.25, 0.3) is 0 Å². The lowest BCUT2D eigenvalue weighted by molar-refractivity contribution is -0.149. The van der Waals surface area contributed by atoms with E-state index >= 15 is 0 Å². The van der Waals surface area contributed by atoms with Crippen LogP contribution in [-0.2, 0) is 4.79 Å². The van der Waals surface area contributed by atoms with Gasteiger partial charge >= 0.3 is 0 Å². The summed E-state index contributed by atoms with van der Waals surface area (Å²) in [4.78, 5) is 16.5. The Morgan fingerprint density at radius 1 is 1.44 bits per heavy atom. The molecule has 0 aromatic rings. The molecule has 1 rings (SSSR count). The highest BCUT2D eigenvalue weighted by Crippen LogP contribution is 2.24. The number of hydrogen-bond acceptors (Lipinski definition) is 3. The molecule has 2 unspecified atom stereocenters. The lowest BCUT2D eigenvalue weighted by Gasteiger charge is -2.48. The lowest BCUT2D eigenvalue weighted by atomic mass is 9.97. The fraction of sp³-hybridized carbons (Fsp3) is 0.917. The molecule has 2 N–H and O–H groups in total. The van der Waals surface area contributed by atoms with E-state index in [-0.39, 0.29) is 17.5 Å². The van der Waals surface area contributed by atoms with E-state index in [4.69, 9.17) is 5.73 Å². The van der Waals surface area contributed by atoms with E-state index in [1.165, 1.54) is 0 Å². The van der Waals surface area contributed by atoms with Crippen molar-refractivity contribution in [3.05, 3.63) is 0 Å². The maximum Gasteiger partial charge on any atom is 0.240 e. The fourth-order valence-electron chi connectivity index (χ4n) is 2.23. The van der Waals surface area contributed by atoms with Crippen molar-refractivity contribution in [3.8, 4) is 0 Å². The second kappa shape index (κ2) is 4.72. The molecule has 4 nitrogen and oxygen atoms in total. The first-order valence-corrected chi connectivity index (χ1v) is 6.02. The number of piperazine rings is 1. The largest absolute Gasteiger partial charge is 0.335 e. The Balaban J connectivity index is 2.89. The normalized spacial score (nSPS) is 28.6. The highest BCUT2D eigenvalue weighted by atomic mass is 16.2. The molecular weight excluding hydrogens is 202 g/mol. The molecule has 0 bridgehead atoms. The maximum absolute atomic E-state index is 12.3. The van der Waals surface area contributed by atoms with Crippen LogP contribution in [0.1, 0.15) is 34.1 Å². The van der Waals surface area contributed by atoms with E-state index < -0.39 is 0 Å². The molecule has 1 amide bonds. The molecule has 0 aromatic carbocycles. The first-order chi connectivity index (χ1) is 7.29. The van der Waals surface area contributed by atoms with Crippen molar-refractivity contribution in [2.24, 2.45) is 5.73 Å². The number of nitrogens with zero attached hydrogens (tertiary/aromatic N) is 2. The van der Waals surface area contributed by atoms with Crippen molar-refractivity contribution in [3.63, 3.8) is 0 Å². The van der Waals surface area contributed by atoms with E-state index in [9.17, 15) is 4.79 Å². The summed E-state index contributed by atoms with van der Waals surface area (Å²) < 4.78 is 0. The number of nitrogens with two attached hydrogens (primary N) is 1. The molecule has 1 aliphatic heterocycles. The number of carbonyl (C=O) groups excluding carboxylic acids is 1. The van der Waals surface area contributed by atoms with Gasteiger partial charge in [-0.05, 0) is 47.7 Å². The van der Waals surface area contributed by atoms with E-state index in [1.54, 1.807) is 0 Å². The Kier molecular flexibility index (Phi) is 3.97. The summed E-state index contributed by atoms with van der Waals surface area (Å²) in [5.74, 6) is 0.221. The van der Waals surface area contributed by atoms with Crippen molar-refractivity contribution in [2.75, 3.05) is 20.1 Å². The summed E-state index contributed by atoms with van der Waals surface area (Å²) in [6.07, 6.45) is 0.742. The van der Waals surface area contributed by atoms with Gasteiger partial charge in [0.1, 0.15) is 0 Å². The van der Waals surface area contributed by atoms with E-state index in [0.29, 0.717) is 12.6 Å². The predicted molar refractivity (Wildman–Crippen MR) is 66.2 cm³/mol. The number of rotatable bonds is 2. The van der Waals surface area contributed by atoms with Crippen LogP contribution in [0.2, 0.25) is 0 Å². The molecule has 1 heterocycles. The van der Waals surface area contributed by atoms with Gasteiger partial charge in [0.05, 0.1) is 6.04 Å². The Morgan fingerprint density at radius 2 is 2.00 bits per heavy atom. The van der Waals surface area contributed by atoms with Crippen LogP contribution in [0.5, 0.6) is 0 Å². The zero-order valence-electron chi connectivity index (χ0n) is 11.2. The molecule has 0 radical (unpaired) electrons. The molecule has 16 heavy (non-hydrogen) atoms. The third-order valence-electron chi connectivity index (χ3n) is 3.43.